The van der Waals surface area contributed by atoms with E-state index < -0.39 is 17.5 Å². The summed E-state index contributed by atoms with van der Waals surface area (Å²) in [6.45, 7) is 1.13. The summed E-state index contributed by atoms with van der Waals surface area (Å²) < 4.78 is 42.7. The van der Waals surface area contributed by atoms with Gasteiger partial charge in [0, 0.05) is 43.7 Å². The second-order valence-corrected chi connectivity index (χ2v) is 8.91. The monoisotopic (exact) mass is 423 g/mol. The molecular weight excluding hydrogens is 399 g/mol. The van der Waals surface area contributed by atoms with Crippen LogP contribution in [0.2, 0.25) is 0 Å². The first-order valence-electron chi connectivity index (χ1n) is 9.91. The number of halogens is 3. The third-order valence-electron chi connectivity index (χ3n) is 6.06. The Balaban J connectivity index is 1.51. The van der Waals surface area contributed by atoms with Crippen molar-refractivity contribution in [2.75, 3.05) is 26.2 Å². The Labute approximate surface area is 172 Å². The van der Waals surface area contributed by atoms with Gasteiger partial charge < -0.3 is 4.90 Å². The average Bonchev–Trinajstić information content (AvgIpc) is 3.39. The van der Waals surface area contributed by atoms with Crippen molar-refractivity contribution < 1.29 is 18.0 Å². The van der Waals surface area contributed by atoms with E-state index in [-0.39, 0.29) is 25.4 Å². The van der Waals surface area contributed by atoms with Gasteiger partial charge in [-0.05, 0) is 31.4 Å². The van der Waals surface area contributed by atoms with E-state index in [0.717, 1.165) is 17.0 Å². The molecule has 0 bridgehead atoms. The molecule has 2 aromatic rings. The highest BCUT2D eigenvalue weighted by atomic mass is 32.1. The van der Waals surface area contributed by atoms with Crippen LogP contribution in [0.1, 0.15) is 35.8 Å². The molecule has 2 aliphatic heterocycles. The number of hydrogen-bond acceptors (Lipinski definition) is 4. The first-order chi connectivity index (χ1) is 13.9. The van der Waals surface area contributed by atoms with Gasteiger partial charge in [0.05, 0.1) is 5.01 Å². The zero-order valence-corrected chi connectivity index (χ0v) is 16.9. The summed E-state index contributed by atoms with van der Waals surface area (Å²) in [5.74, 6) is -0.735. The number of amides is 1. The van der Waals surface area contributed by atoms with Crippen LogP contribution in [0.3, 0.4) is 0 Å². The maximum absolute atomic E-state index is 14.2. The Bertz CT molecular complexity index is 827. The van der Waals surface area contributed by atoms with Gasteiger partial charge in [-0.1, -0.05) is 30.3 Å². The number of carbonyl (C=O) groups excluding carboxylic acids is 1. The van der Waals surface area contributed by atoms with E-state index in [9.17, 15) is 18.0 Å². The molecule has 8 heteroatoms. The topological polar surface area (TPSA) is 36.4 Å². The molecule has 0 aliphatic carbocycles. The van der Waals surface area contributed by atoms with E-state index in [1.807, 2.05) is 35.7 Å². The van der Waals surface area contributed by atoms with Crippen molar-refractivity contribution in [3.8, 4) is 0 Å². The minimum absolute atomic E-state index is 0.0276. The van der Waals surface area contributed by atoms with E-state index in [4.69, 9.17) is 0 Å². The van der Waals surface area contributed by atoms with Crippen LogP contribution in [0.25, 0.3) is 0 Å². The van der Waals surface area contributed by atoms with E-state index in [0.29, 0.717) is 26.1 Å². The Hall–Kier alpha value is -1.93. The van der Waals surface area contributed by atoms with Crippen LogP contribution in [0, 0.1) is 5.41 Å². The Kier molecular flexibility index (Phi) is 5.66. The van der Waals surface area contributed by atoms with Crippen molar-refractivity contribution in [3.05, 3.63) is 52.5 Å². The fourth-order valence-electron chi connectivity index (χ4n) is 4.49. The number of alkyl halides is 3. The van der Waals surface area contributed by atoms with E-state index in [1.165, 1.54) is 16.2 Å². The fraction of sp³-hybridized carbons (Fsp3) is 0.524. The Morgan fingerprint density at radius 2 is 2.03 bits per heavy atom. The largest absolute Gasteiger partial charge is 0.404 e. The molecule has 1 aromatic carbocycles. The fourth-order valence-corrected chi connectivity index (χ4v) is 5.26. The number of likely N-dealkylation sites (tertiary alicyclic amines) is 2. The highest BCUT2D eigenvalue weighted by Gasteiger charge is 2.64. The van der Waals surface area contributed by atoms with Crippen molar-refractivity contribution in [1.29, 1.82) is 0 Å². The van der Waals surface area contributed by atoms with Gasteiger partial charge in [-0.2, -0.15) is 13.2 Å². The quantitative estimate of drug-likeness (QED) is 0.736. The second-order valence-electron chi connectivity index (χ2n) is 7.99. The normalized spacial score (nSPS) is 26.0. The first kappa shape index (κ1) is 20.3. The zero-order chi connectivity index (χ0) is 20.5. The van der Waals surface area contributed by atoms with Crippen molar-refractivity contribution >= 4 is 17.2 Å². The first-order valence-corrected chi connectivity index (χ1v) is 10.8. The standard InChI is InChI=1S/C21H24F3N3OS/c22-21(23,24)20(8-11-26(15-20)13-16-5-2-1-3-6-16)19(28)27-10-4-7-17(14-27)18-25-9-12-29-18/h1-3,5-6,9,12,17H,4,7-8,10-11,13-15H2. The molecule has 2 saturated heterocycles. The average molecular weight is 424 g/mol. The molecule has 1 amide bonds. The predicted molar refractivity (Wildman–Crippen MR) is 105 cm³/mol. The van der Waals surface area contributed by atoms with Crippen LogP contribution in [0.5, 0.6) is 0 Å². The van der Waals surface area contributed by atoms with Gasteiger partial charge in [0.1, 0.15) is 0 Å². The highest BCUT2D eigenvalue weighted by Crippen LogP contribution is 2.48. The lowest BCUT2D eigenvalue weighted by molar-refractivity contribution is -0.224. The van der Waals surface area contributed by atoms with E-state index in [1.54, 1.807) is 11.1 Å². The molecule has 0 saturated carbocycles. The summed E-state index contributed by atoms with van der Waals surface area (Å²) in [5, 5.41) is 2.77. The van der Waals surface area contributed by atoms with Crippen molar-refractivity contribution in [2.45, 2.75) is 37.9 Å². The Morgan fingerprint density at radius 1 is 1.24 bits per heavy atom. The van der Waals surface area contributed by atoms with Crippen LogP contribution in [-0.4, -0.2) is 53.0 Å². The summed E-state index contributed by atoms with van der Waals surface area (Å²) >= 11 is 1.50. The van der Waals surface area contributed by atoms with E-state index >= 15 is 0 Å². The highest BCUT2D eigenvalue weighted by molar-refractivity contribution is 7.09. The molecule has 156 valence electrons. The molecule has 3 heterocycles. The minimum Gasteiger partial charge on any atom is -0.341 e. The molecule has 2 fully saturated rings. The molecule has 2 unspecified atom stereocenters. The van der Waals surface area contributed by atoms with Gasteiger partial charge in [-0.3, -0.25) is 9.69 Å². The van der Waals surface area contributed by atoms with Gasteiger partial charge in [0.25, 0.3) is 0 Å². The van der Waals surface area contributed by atoms with Crippen molar-refractivity contribution in [2.24, 2.45) is 5.41 Å². The molecule has 2 aliphatic rings. The molecule has 2 atom stereocenters. The minimum atomic E-state index is -4.57. The molecule has 4 nitrogen and oxygen atoms in total. The number of aromatic nitrogens is 1. The summed E-state index contributed by atoms with van der Waals surface area (Å²) in [6.07, 6.45) is -1.48. The number of thiazole rings is 1. The van der Waals surface area contributed by atoms with Crippen molar-refractivity contribution in [3.63, 3.8) is 0 Å². The summed E-state index contributed by atoms with van der Waals surface area (Å²) in [7, 11) is 0. The number of benzene rings is 1. The van der Waals surface area contributed by atoms with Gasteiger partial charge >= 0.3 is 6.18 Å². The number of nitrogens with zero attached hydrogens (tertiary/aromatic N) is 3. The predicted octanol–water partition coefficient (Wildman–Crippen LogP) is 4.30. The molecule has 1 aromatic heterocycles. The summed E-state index contributed by atoms with van der Waals surface area (Å²) in [5.41, 5.74) is -1.35. The molecule has 0 radical (unpaired) electrons. The maximum Gasteiger partial charge on any atom is 0.404 e. The van der Waals surface area contributed by atoms with Gasteiger partial charge in [-0.15, -0.1) is 11.3 Å². The third-order valence-corrected chi connectivity index (χ3v) is 7.00. The maximum atomic E-state index is 14.2. The third kappa shape index (κ3) is 4.05. The lowest BCUT2D eigenvalue weighted by Crippen LogP contribution is -2.55. The Morgan fingerprint density at radius 3 is 2.72 bits per heavy atom. The van der Waals surface area contributed by atoms with Crippen LogP contribution >= 0.6 is 11.3 Å². The second kappa shape index (κ2) is 8.07. The van der Waals surface area contributed by atoms with Crippen LogP contribution < -0.4 is 0 Å². The van der Waals surface area contributed by atoms with Gasteiger partial charge in [0.15, 0.2) is 5.41 Å². The van der Waals surface area contributed by atoms with Gasteiger partial charge in [-0.25, -0.2) is 4.98 Å². The molecule has 4 rings (SSSR count). The zero-order valence-electron chi connectivity index (χ0n) is 16.1. The number of rotatable bonds is 4. The van der Waals surface area contributed by atoms with Crippen molar-refractivity contribution in [1.82, 2.24) is 14.8 Å². The smallest absolute Gasteiger partial charge is 0.341 e. The molecule has 0 spiro atoms. The molecule has 29 heavy (non-hydrogen) atoms. The number of carbonyl (C=O) groups is 1. The summed E-state index contributed by atoms with van der Waals surface area (Å²) in [6, 6.07) is 9.43. The number of piperidine rings is 1. The van der Waals surface area contributed by atoms with Crippen LogP contribution in [-0.2, 0) is 11.3 Å². The molecular formula is C21H24F3N3OS. The lowest BCUT2D eigenvalue weighted by Gasteiger charge is -2.39. The lowest BCUT2D eigenvalue weighted by atomic mass is 9.83. The van der Waals surface area contributed by atoms with Crippen LogP contribution in [0.15, 0.2) is 41.9 Å². The SMILES string of the molecule is O=C(N1CCCC(c2nccs2)C1)C1(C(F)(F)F)CCN(Cc2ccccc2)C1. The number of hydrogen-bond donors (Lipinski definition) is 0. The van der Waals surface area contributed by atoms with Crippen LogP contribution in [0.4, 0.5) is 13.2 Å². The molecule has 0 N–H and O–H groups in total. The van der Waals surface area contributed by atoms with Gasteiger partial charge in [0.2, 0.25) is 5.91 Å². The summed E-state index contributed by atoms with van der Waals surface area (Å²) in [4.78, 5) is 20.7. The van der Waals surface area contributed by atoms with E-state index in [2.05, 4.69) is 4.98 Å².